The van der Waals surface area contributed by atoms with Gasteiger partial charge in [-0.3, -0.25) is 4.79 Å². The maximum Gasteiger partial charge on any atom is 0.341 e. The quantitative estimate of drug-likeness (QED) is 0.413. The van der Waals surface area contributed by atoms with Gasteiger partial charge in [-0.2, -0.15) is 0 Å². The monoisotopic (exact) mass is 441 g/mol. The highest BCUT2D eigenvalue weighted by Gasteiger charge is 2.28. The maximum atomic E-state index is 13.3. The lowest BCUT2D eigenvalue weighted by Crippen LogP contribution is -2.24. The fourth-order valence-corrected chi connectivity index (χ4v) is 5.86. The Hall–Kier alpha value is -2.54. The van der Waals surface area contributed by atoms with Crippen LogP contribution in [0.3, 0.4) is 0 Å². The minimum absolute atomic E-state index is 0.255. The molecule has 1 heterocycles. The lowest BCUT2D eigenvalue weighted by molar-refractivity contribution is 0.0526. The standard InChI is InChI=1S/C24H31N3O3S/c1-2-30-24(29)21-17-10-6-7-11-20(17)31-23(21)27-22(28)18-14-15(25)12-13-19(18)26-16-8-4-3-5-9-16/h12-14,16,26H,2-11,25H2,1H3,(H,27,28). The molecule has 1 fully saturated rings. The van der Waals surface area contributed by atoms with Crippen molar-refractivity contribution in [3.8, 4) is 0 Å². The van der Waals surface area contributed by atoms with Crippen molar-refractivity contribution in [1.82, 2.24) is 0 Å². The summed E-state index contributed by atoms with van der Waals surface area (Å²) >= 11 is 1.50. The van der Waals surface area contributed by atoms with Gasteiger partial charge in [0, 0.05) is 22.3 Å². The number of aryl methyl sites for hydroxylation is 1. The molecule has 31 heavy (non-hydrogen) atoms. The summed E-state index contributed by atoms with van der Waals surface area (Å²) in [5, 5.41) is 7.14. The van der Waals surface area contributed by atoms with Gasteiger partial charge in [0.25, 0.3) is 5.91 Å². The van der Waals surface area contributed by atoms with Gasteiger partial charge in [0.2, 0.25) is 0 Å². The third-order valence-corrected chi connectivity index (χ3v) is 7.34. The van der Waals surface area contributed by atoms with Gasteiger partial charge in [-0.05, 0) is 69.2 Å². The van der Waals surface area contributed by atoms with Crippen molar-refractivity contribution in [2.24, 2.45) is 0 Å². The number of amides is 1. The van der Waals surface area contributed by atoms with Gasteiger partial charge in [-0.25, -0.2) is 4.79 Å². The Morgan fingerprint density at radius 1 is 1.13 bits per heavy atom. The number of anilines is 3. The van der Waals surface area contributed by atoms with Gasteiger partial charge < -0.3 is 21.1 Å². The van der Waals surface area contributed by atoms with Gasteiger partial charge in [-0.1, -0.05) is 19.3 Å². The number of carbonyl (C=O) groups excluding carboxylic acids is 2. The molecule has 0 saturated heterocycles. The van der Waals surface area contributed by atoms with Gasteiger partial charge in [0.15, 0.2) is 0 Å². The van der Waals surface area contributed by atoms with Gasteiger partial charge >= 0.3 is 5.97 Å². The minimum Gasteiger partial charge on any atom is -0.462 e. The Labute approximate surface area is 187 Å². The number of nitrogens with two attached hydrogens (primary N) is 1. The first kappa shape index (κ1) is 21.7. The SMILES string of the molecule is CCOC(=O)c1c(NC(=O)c2cc(N)ccc2NC2CCCCC2)sc2c1CCCC2. The van der Waals surface area contributed by atoms with Crippen LogP contribution in [0.4, 0.5) is 16.4 Å². The Morgan fingerprint density at radius 2 is 1.90 bits per heavy atom. The summed E-state index contributed by atoms with van der Waals surface area (Å²) in [6.45, 7) is 2.10. The predicted octanol–water partition coefficient (Wildman–Crippen LogP) is 5.38. The molecule has 2 aliphatic carbocycles. The first-order chi connectivity index (χ1) is 15.1. The molecule has 0 spiro atoms. The molecule has 166 valence electrons. The van der Waals surface area contributed by atoms with Crippen molar-refractivity contribution in [3.63, 3.8) is 0 Å². The summed E-state index contributed by atoms with van der Waals surface area (Å²) in [4.78, 5) is 27.2. The maximum absolute atomic E-state index is 13.3. The van der Waals surface area contributed by atoms with E-state index >= 15 is 0 Å². The van der Waals surface area contributed by atoms with Crippen LogP contribution in [0.2, 0.25) is 0 Å². The van der Waals surface area contributed by atoms with E-state index in [1.807, 2.05) is 12.1 Å². The second kappa shape index (κ2) is 9.73. The third kappa shape index (κ3) is 4.87. The smallest absolute Gasteiger partial charge is 0.341 e. The first-order valence-electron chi connectivity index (χ1n) is 11.4. The van der Waals surface area contributed by atoms with E-state index in [2.05, 4.69) is 10.6 Å². The summed E-state index contributed by atoms with van der Waals surface area (Å²) in [6.07, 6.45) is 9.84. The molecular formula is C24H31N3O3S. The van der Waals surface area contributed by atoms with Crippen LogP contribution >= 0.6 is 11.3 Å². The average molecular weight is 442 g/mol. The van der Waals surface area contributed by atoms with E-state index in [-0.39, 0.29) is 11.9 Å². The molecule has 4 rings (SSSR count). The molecule has 0 aliphatic heterocycles. The highest BCUT2D eigenvalue weighted by Crippen LogP contribution is 2.39. The van der Waals surface area contributed by atoms with Crippen LogP contribution in [0.15, 0.2) is 18.2 Å². The summed E-state index contributed by atoms with van der Waals surface area (Å²) in [5.41, 5.74) is 9.41. The van der Waals surface area contributed by atoms with Crippen molar-refractivity contribution in [3.05, 3.63) is 39.8 Å². The number of hydrogen-bond acceptors (Lipinski definition) is 6. The second-order valence-corrected chi connectivity index (χ2v) is 9.48. The molecule has 1 aromatic carbocycles. The number of benzene rings is 1. The molecule has 0 unspecified atom stereocenters. The van der Waals surface area contributed by atoms with E-state index in [1.54, 1.807) is 13.0 Å². The zero-order chi connectivity index (χ0) is 21.8. The number of fused-ring (bicyclic) bond motifs is 1. The molecule has 1 amide bonds. The average Bonchev–Trinajstić information content (AvgIpc) is 3.13. The number of ether oxygens (including phenoxy) is 1. The molecule has 6 nitrogen and oxygen atoms in total. The molecule has 2 aromatic rings. The number of thiophene rings is 1. The fraction of sp³-hybridized carbons (Fsp3) is 0.500. The summed E-state index contributed by atoms with van der Waals surface area (Å²) in [7, 11) is 0. The van der Waals surface area contributed by atoms with E-state index in [4.69, 9.17) is 10.5 Å². The molecule has 2 aliphatic rings. The number of nitrogens with one attached hydrogen (secondary N) is 2. The Bertz CT molecular complexity index is 963. The third-order valence-electron chi connectivity index (χ3n) is 6.13. The molecule has 0 atom stereocenters. The largest absolute Gasteiger partial charge is 0.462 e. The molecule has 0 bridgehead atoms. The molecule has 0 radical (unpaired) electrons. The van der Waals surface area contributed by atoms with E-state index in [1.165, 1.54) is 35.5 Å². The summed E-state index contributed by atoms with van der Waals surface area (Å²) in [6, 6.07) is 5.77. The van der Waals surface area contributed by atoms with Gasteiger partial charge in [0.05, 0.1) is 17.7 Å². The highest BCUT2D eigenvalue weighted by molar-refractivity contribution is 7.17. The number of rotatable bonds is 6. The zero-order valence-corrected chi connectivity index (χ0v) is 18.9. The lowest BCUT2D eigenvalue weighted by atomic mass is 9.95. The highest BCUT2D eigenvalue weighted by atomic mass is 32.1. The second-order valence-electron chi connectivity index (χ2n) is 8.37. The predicted molar refractivity (Wildman–Crippen MR) is 126 cm³/mol. The van der Waals surface area contributed by atoms with Crippen LogP contribution in [0.25, 0.3) is 0 Å². The Kier molecular flexibility index (Phi) is 6.80. The summed E-state index contributed by atoms with van der Waals surface area (Å²) in [5.74, 6) is -0.611. The van der Waals surface area contributed by atoms with E-state index in [9.17, 15) is 9.59 Å². The number of esters is 1. The van der Waals surface area contributed by atoms with Crippen LogP contribution in [-0.2, 0) is 17.6 Å². The van der Waals surface area contributed by atoms with Crippen molar-refractivity contribution in [1.29, 1.82) is 0 Å². The molecule has 1 aromatic heterocycles. The van der Waals surface area contributed by atoms with Crippen molar-refractivity contribution < 1.29 is 14.3 Å². The summed E-state index contributed by atoms with van der Waals surface area (Å²) < 4.78 is 5.31. The van der Waals surface area contributed by atoms with E-state index in [0.29, 0.717) is 34.5 Å². The zero-order valence-electron chi connectivity index (χ0n) is 18.1. The Balaban J connectivity index is 1.62. The minimum atomic E-state index is -0.356. The molecule has 4 N–H and O–H groups in total. The fourth-order valence-electron chi connectivity index (χ4n) is 4.59. The van der Waals surface area contributed by atoms with E-state index in [0.717, 1.165) is 49.8 Å². The van der Waals surface area contributed by atoms with Crippen LogP contribution in [0.1, 0.15) is 83.0 Å². The van der Waals surface area contributed by atoms with Crippen LogP contribution < -0.4 is 16.4 Å². The molecule has 7 heteroatoms. The number of nitrogen functional groups attached to an aromatic ring is 1. The van der Waals surface area contributed by atoms with Crippen LogP contribution in [0.5, 0.6) is 0 Å². The van der Waals surface area contributed by atoms with Crippen molar-refractivity contribution >= 4 is 39.6 Å². The van der Waals surface area contributed by atoms with Crippen molar-refractivity contribution in [2.45, 2.75) is 70.8 Å². The number of carbonyl (C=O) groups is 2. The lowest BCUT2D eigenvalue weighted by Gasteiger charge is -2.25. The van der Waals surface area contributed by atoms with Crippen LogP contribution in [-0.4, -0.2) is 24.5 Å². The van der Waals surface area contributed by atoms with Crippen LogP contribution in [0, 0.1) is 0 Å². The van der Waals surface area contributed by atoms with Crippen molar-refractivity contribution in [2.75, 3.05) is 23.0 Å². The molecule has 1 saturated carbocycles. The topological polar surface area (TPSA) is 93.5 Å². The normalized spacial score (nSPS) is 16.4. The van der Waals surface area contributed by atoms with Gasteiger partial charge in [0.1, 0.15) is 5.00 Å². The molecular weight excluding hydrogens is 410 g/mol. The number of hydrogen-bond donors (Lipinski definition) is 3. The Morgan fingerprint density at radius 3 is 2.68 bits per heavy atom. The van der Waals surface area contributed by atoms with Gasteiger partial charge in [-0.15, -0.1) is 11.3 Å². The van der Waals surface area contributed by atoms with E-state index < -0.39 is 0 Å². The first-order valence-corrected chi connectivity index (χ1v) is 12.2.